The second-order valence-electron chi connectivity index (χ2n) is 8.21. The monoisotopic (exact) mass is 443 g/mol. The second-order valence-corrected chi connectivity index (χ2v) is 8.21. The fourth-order valence-corrected chi connectivity index (χ4v) is 4.41. The van der Waals surface area contributed by atoms with Crippen molar-refractivity contribution in [3.05, 3.63) is 46.7 Å². The van der Waals surface area contributed by atoms with Crippen molar-refractivity contribution in [3.63, 3.8) is 0 Å². The van der Waals surface area contributed by atoms with Crippen molar-refractivity contribution in [2.75, 3.05) is 39.9 Å². The minimum atomic E-state index is -0.598. The summed E-state index contributed by atoms with van der Waals surface area (Å²) in [6.07, 6.45) is 1.63. The summed E-state index contributed by atoms with van der Waals surface area (Å²) < 4.78 is 10.6. The molecule has 1 N–H and O–H groups in total. The summed E-state index contributed by atoms with van der Waals surface area (Å²) in [4.78, 5) is 41.8. The van der Waals surface area contributed by atoms with Crippen molar-refractivity contribution < 1.29 is 23.9 Å². The lowest BCUT2D eigenvalue weighted by Gasteiger charge is -2.39. The van der Waals surface area contributed by atoms with Crippen molar-refractivity contribution in [1.29, 1.82) is 0 Å². The molecule has 0 radical (unpaired) electrons. The van der Waals surface area contributed by atoms with E-state index < -0.39 is 12.0 Å². The van der Waals surface area contributed by atoms with Gasteiger partial charge in [-0.3, -0.25) is 14.6 Å². The Hall–Kier alpha value is -2.87. The van der Waals surface area contributed by atoms with Crippen LogP contribution in [0.3, 0.4) is 0 Å². The molecule has 174 valence electrons. The van der Waals surface area contributed by atoms with Crippen molar-refractivity contribution in [2.24, 2.45) is 5.92 Å². The smallest absolute Gasteiger partial charge is 0.338 e. The number of esters is 2. The number of hydrogen-bond donors (Lipinski definition) is 1. The molecule has 2 aliphatic rings. The standard InChI is InChI=1S/C24H33N3O5/c1-5-31-22(28)17-11-9-13-27(14-17)15-19-20(23(29)32-6-2)21(25-24(30)26(19)4)18-12-8-7-10-16(18)3/h7-8,10,12,17,21H,5-6,9,11,13-15H2,1-4H3,(H,25,30). The molecule has 2 amide bonds. The first-order valence-corrected chi connectivity index (χ1v) is 11.3. The molecular formula is C24H33N3O5. The van der Waals surface area contributed by atoms with E-state index in [1.54, 1.807) is 20.9 Å². The second kappa shape index (κ2) is 10.6. The molecule has 32 heavy (non-hydrogen) atoms. The van der Waals surface area contributed by atoms with Crippen LogP contribution < -0.4 is 5.32 Å². The first-order valence-electron chi connectivity index (χ1n) is 11.3. The summed E-state index contributed by atoms with van der Waals surface area (Å²) in [7, 11) is 1.66. The highest BCUT2D eigenvalue weighted by molar-refractivity contribution is 5.95. The average Bonchev–Trinajstić information content (AvgIpc) is 2.77. The molecule has 0 aliphatic carbocycles. The van der Waals surface area contributed by atoms with Crippen LogP contribution in [-0.4, -0.2) is 67.7 Å². The Morgan fingerprint density at radius 2 is 1.88 bits per heavy atom. The first kappa shape index (κ1) is 23.8. The van der Waals surface area contributed by atoms with Gasteiger partial charge >= 0.3 is 18.0 Å². The van der Waals surface area contributed by atoms with Crippen LogP contribution in [0.15, 0.2) is 35.5 Å². The molecule has 1 aromatic rings. The van der Waals surface area contributed by atoms with Crippen LogP contribution in [0.4, 0.5) is 4.79 Å². The molecule has 2 aliphatic heterocycles. The third-order valence-electron chi connectivity index (χ3n) is 6.07. The number of hydrogen-bond acceptors (Lipinski definition) is 6. The third kappa shape index (κ3) is 5.12. The Morgan fingerprint density at radius 1 is 1.16 bits per heavy atom. The van der Waals surface area contributed by atoms with Gasteiger partial charge in [0.1, 0.15) is 0 Å². The largest absolute Gasteiger partial charge is 0.466 e. The number of benzene rings is 1. The van der Waals surface area contributed by atoms with Crippen LogP contribution >= 0.6 is 0 Å². The molecule has 0 spiro atoms. The highest BCUT2D eigenvalue weighted by Crippen LogP contribution is 2.33. The quantitative estimate of drug-likeness (QED) is 0.652. The van der Waals surface area contributed by atoms with Crippen LogP contribution in [0.2, 0.25) is 0 Å². The lowest BCUT2D eigenvalue weighted by Crippen LogP contribution is -2.50. The first-order chi connectivity index (χ1) is 15.4. The van der Waals surface area contributed by atoms with Gasteiger partial charge in [-0.2, -0.15) is 0 Å². The van der Waals surface area contributed by atoms with E-state index in [1.165, 1.54) is 4.90 Å². The maximum atomic E-state index is 13.1. The van der Waals surface area contributed by atoms with Gasteiger partial charge in [0.25, 0.3) is 0 Å². The van der Waals surface area contributed by atoms with Gasteiger partial charge in [0.15, 0.2) is 0 Å². The van der Waals surface area contributed by atoms with Crippen LogP contribution in [0, 0.1) is 12.8 Å². The molecule has 3 rings (SSSR count). The van der Waals surface area contributed by atoms with Gasteiger partial charge < -0.3 is 14.8 Å². The number of nitrogens with one attached hydrogen (secondary N) is 1. The van der Waals surface area contributed by atoms with E-state index in [-0.39, 0.29) is 24.5 Å². The number of aryl methyl sites for hydroxylation is 1. The number of urea groups is 1. The highest BCUT2D eigenvalue weighted by atomic mass is 16.5. The van der Waals surface area contributed by atoms with Crippen molar-refractivity contribution in [2.45, 2.75) is 39.7 Å². The van der Waals surface area contributed by atoms with Gasteiger partial charge in [-0.15, -0.1) is 0 Å². The van der Waals surface area contributed by atoms with Crippen molar-refractivity contribution in [1.82, 2.24) is 15.1 Å². The molecule has 0 saturated carbocycles. The number of likely N-dealkylation sites (tertiary alicyclic amines) is 1. The van der Waals surface area contributed by atoms with E-state index in [4.69, 9.17) is 9.47 Å². The van der Waals surface area contributed by atoms with Crippen LogP contribution in [0.25, 0.3) is 0 Å². The fraction of sp³-hybridized carbons (Fsp3) is 0.542. The third-order valence-corrected chi connectivity index (χ3v) is 6.07. The number of rotatable bonds is 7. The van der Waals surface area contributed by atoms with E-state index in [9.17, 15) is 14.4 Å². The van der Waals surface area contributed by atoms with Gasteiger partial charge in [-0.25, -0.2) is 9.59 Å². The topological polar surface area (TPSA) is 88.2 Å². The molecule has 8 nitrogen and oxygen atoms in total. The minimum Gasteiger partial charge on any atom is -0.466 e. The molecule has 1 fully saturated rings. The molecule has 0 aromatic heterocycles. The van der Waals surface area contributed by atoms with E-state index in [0.717, 1.165) is 30.5 Å². The number of likely N-dealkylation sites (N-methyl/N-ethyl adjacent to an activating group) is 1. The number of nitrogens with zero attached hydrogens (tertiary/aromatic N) is 2. The Kier molecular flexibility index (Phi) is 7.90. The molecule has 1 aromatic carbocycles. The van der Waals surface area contributed by atoms with Crippen molar-refractivity contribution >= 4 is 18.0 Å². The van der Waals surface area contributed by atoms with Crippen molar-refractivity contribution in [3.8, 4) is 0 Å². The van der Waals surface area contributed by atoms with E-state index in [0.29, 0.717) is 31.0 Å². The Labute approximate surface area is 189 Å². The van der Waals surface area contributed by atoms with Crippen LogP contribution in [-0.2, 0) is 19.1 Å². The zero-order valence-corrected chi connectivity index (χ0v) is 19.3. The molecule has 8 heteroatoms. The number of amides is 2. The van der Waals surface area contributed by atoms with Crippen LogP contribution in [0.5, 0.6) is 0 Å². The lowest BCUT2D eigenvalue weighted by molar-refractivity contribution is -0.150. The van der Waals surface area contributed by atoms with Gasteiger partial charge in [0.2, 0.25) is 0 Å². The number of ether oxygens (including phenoxy) is 2. The normalized spacial score (nSPS) is 21.9. The van der Waals surface area contributed by atoms with E-state index in [2.05, 4.69) is 10.2 Å². The predicted octanol–water partition coefficient (Wildman–Crippen LogP) is 2.78. The molecule has 2 unspecified atom stereocenters. The van der Waals surface area contributed by atoms with Gasteiger partial charge in [-0.1, -0.05) is 24.3 Å². The molecule has 0 bridgehead atoms. The Morgan fingerprint density at radius 3 is 2.56 bits per heavy atom. The van der Waals surface area contributed by atoms with E-state index in [1.807, 2.05) is 31.2 Å². The Balaban J connectivity index is 1.98. The maximum Gasteiger partial charge on any atom is 0.338 e. The molecule has 1 saturated heterocycles. The van der Waals surface area contributed by atoms with Gasteiger partial charge in [0.05, 0.1) is 30.7 Å². The molecule has 2 heterocycles. The number of carbonyl (C=O) groups excluding carboxylic acids is 3. The molecular weight excluding hydrogens is 410 g/mol. The average molecular weight is 444 g/mol. The SMILES string of the molecule is CCOC(=O)C1=C(CN2CCCC(C(=O)OCC)C2)N(C)C(=O)NC1c1ccccc1C. The highest BCUT2D eigenvalue weighted by Gasteiger charge is 2.38. The lowest BCUT2D eigenvalue weighted by atomic mass is 9.91. The summed E-state index contributed by atoms with van der Waals surface area (Å²) in [6, 6.07) is 6.81. The zero-order chi connectivity index (χ0) is 23.3. The summed E-state index contributed by atoms with van der Waals surface area (Å²) in [6.45, 7) is 7.80. The summed E-state index contributed by atoms with van der Waals surface area (Å²) in [5.74, 6) is -0.837. The number of carbonyl (C=O) groups is 3. The fourth-order valence-electron chi connectivity index (χ4n) is 4.41. The predicted molar refractivity (Wildman–Crippen MR) is 120 cm³/mol. The molecule has 2 atom stereocenters. The summed E-state index contributed by atoms with van der Waals surface area (Å²) in [5.41, 5.74) is 2.87. The van der Waals surface area contributed by atoms with Gasteiger partial charge in [0, 0.05) is 25.8 Å². The summed E-state index contributed by atoms with van der Waals surface area (Å²) >= 11 is 0. The summed E-state index contributed by atoms with van der Waals surface area (Å²) in [5, 5.41) is 2.96. The zero-order valence-electron chi connectivity index (χ0n) is 19.3. The Bertz CT molecular complexity index is 897. The minimum absolute atomic E-state index is 0.190. The van der Waals surface area contributed by atoms with E-state index >= 15 is 0 Å². The van der Waals surface area contributed by atoms with Crippen LogP contribution in [0.1, 0.15) is 43.9 Å². The maximum absolute atomic E-state index is 13.1. The number of piperidine rings is 1. The van der Waals surface area contributed by atoms with Gasteiger partial charge in [-0.05, 0) is 51.3 Å².